The summed E-state index contributed by atoms with van der Waals surface area (Å²) in [7, 11) is 0. The SMILES string of the molecule is BrCCOC1CCN(c2ccncc2Br)CC1. The van der Waals surface area contributed by atoms with Crippen LogP contribution in [0.5, 0.6) is 0 Å². The molecule has 0 aliphatic carbocycles. The third kappa shape index (κ3) is 3.66. The summed E-state index contributed by atoms with van der Waals surface area (Å²) < 4.78 is 6.82. The van der Waals surface area contributed by atoms with Crippen LogP contribution in [-0.2, 0) is 4.74 Å². The third-order valence-electron chi connectivity index (χ3n) is 2.96. The fourth-order valence-corrected chi connectivity index (χ4v) is 2.79. The van der Waals surface area contributed by atoms with E-state index in [1.54, 1.807) is 0 Å². The van der Waals surface area contributed by atoms with Gasteiger partial charge in [-0.2, -0.15) is 0 Å². The van der Waals surface area contributed by atoms with E-state index in [1.165, 1.54) is 5.69 Å². The van der Waals surface area contributed by atoms with Crippen LogP contribution < -0.4 is 4.90 Å². The maximum atomic E-state index is 5.75. The summed E-state index contributed by atoms with van der Waals surface area (Å²) in [6, 6.07) is 2.06. The van der Waals surface area contributed by atoms with Gasteiger partial charge in [-0.05, 0) is 34.8 Å². The standard InChI is InChI=1S/C12H16Br2N2O/c13-4-8-17-10-2-6-16(7-3-10)12-1-5-15-9-11(12)14/h1,5,9-10H,2-4,6-8H2. The van der Waals surface area contributed by atoms with Gasteiger partial charge in [0, 0.05) is 30.8 Å². The molecule has 3 nitrogen and oxygen atoms in total. The zero-order chi connectivity index (χ0) is 12.1. The van der Waals surface area contributed by atoms with Crippen LogP contribution in [0.3, 0.4) is 0 Å². The first-order valence-corrected chi connectivity index (χ1v) is 7.74. The highest BCUT2D eigenvalue weighted by molar-refractivity contribution is 9.10. The molecule has 1 aliphatic heterocycles. The van der Waals surface area contributed by atoms with E-state index < -0.39 is 0 Å². The molecule has 0 spiro atoms. The van der Waals surface area contributed by atoms with Crippen molar-refractivity contribution in [3.8, 4) is 0 Å². The molecule has 2 heterocycles. The number of rotatable bonds is 4. The smallest absolute Gasteiger partial charge is 0.0609 e. The molecular weight excluding hydrogens is 348 g/mol. The summed E-state index contributed by atoms with van der Waals surface area (Å²) in [6.45, 7) is 2.91. The second-order valence-electron chi connectivity index (χ2n) is 4.07. The van der Waals surface area contributed by atoms with Gasteiger partial charge >= 0.3 is 0 Å². The van der Waals surface area contributed by atoms with Gasteiger partial charge < -0.3 is 9.64 Å². The van der Waals surface area contributed by atoms with Gasteiger partial charge in [-0.15, -0.1) is 0 Å². The van der Waals surface area contributed by atoms with Crippen molar-refractivity contribution in [2.45, 2.75) is 18.9 Å². The summed E-state index contributed by atoms with van der Waals surface area (Å²) in [4.78, 5) is 6.48. The van der Waals surface area contributed by atoms with Gasteiger partial charge in [-0.3, -0.25) is 4.98 Å². The molecule has 1 aliphatic rings. The summed E-state index contributed by atoms with van der Waals surface area (Å²) in [5.74, 6) is 0. The number of aromatic nitrogens is 1. The molecule has 0 saturated carbocycles. The van der Waals surface area contributed by atoms with Crippen LogP contribution in [0.1, 0.15) is 12.8 Å². The summed E-state index contributed by atoms with van der Waals surface area (Å²) in [6.07, 6.45) is 6.31. The summed E-state index contributed by atoms with van der Waals surface area (Å²) in [5.41, 5.74) is 1.24. The van der Waals surface area contributed by atoms with Crippen LogP contribution >= 0.6 is 31.9 Å². The van der Waals surface area contributed by atoms with E-state index in [0.29, 0.717) is 6.10 Å². The third-order valence-corrected chi connectivity index (χ3v) is 3.90. The Bertz CT molecular complexity index is 354. The van der Waals surface area contributed by atoms with Crippen LogP contribution in [-0.4, -0.2) is 36.1 Å². The summed E-state index contributed by atoms with van der Waals surface area (Å²) in [5, 5.41) is 0.920. The number of anilines is 1. The fourth-order valence-electron chi connectivity index (χ4n) is 2.10. The van der Waals surface area contributed by atoms with Crippen molar-refractivity contribution >= 4 is 37.5 Å². The molecule has 94 valence electrons. The molecule has 0 amide bonds. The van der Waals surface area contributed by atoms with Crippen molar-refractivity contribution in [2.24, 2.45) is 0 Å². The van der Waals surface area contributed by atoms with Crippen LogP contribution in [0.2, 0.25) is 0 Å². The maximum absolute atomic E-state index is 5.75. The predicted octanol–water partition coefficient (Wildman–Crippen LogP) is 3.22. The highest BCUT2D eigenvalue weighted by Gasteiger charge is 2.20. The minimum absolute atomic E-state index is 0.421. The number of piperidine rings is 1. The number of hydrogen-bond donors (Lipinski definition) is 0. The van der Waals surface area contributed by atoms with Crippen molar-refractivity contribution < 1.29 is 4.74 Å². The largest absolute Gasteiger partial charge is 0.377 e. The van der Waals surface area contributed by atoms with E-state index in [-0.39, 0.29) is 0 Å². The van der Waals surface area contributed by atoms with Gasteiger partial charge in [0.1, 0.15) is 0 Å². The van der Waals surface area contributed by atoms with Gasteiger partial charge in [0.05, 0.1) is 22.9 Å². The molecule has 5 heteroatoms. The first-order valence-electron chi connectivity index (χ1n) is 5.83. The highest BCUT2D eigenvalue weighted by Crippen LogP contribution is 2.27. The Morgan fingerprint density at radius 3 is 2.82 bits per heavy atom. The molecule has 1 saturated heterocycles. The van der Waals surface area contributed by atoms with E-state index >= 15 is 0 Å². The highest BCUT2D eigenvalue weighted by atomic mass is 79.9. The van der Waals surface area contributed by atoms with E-state index in [1.807, 2.05) is 12.4 Å². The topological polar surface area (TPSA) is 25.4 Å². The number of pyridine rings is 1. The normalized spacial score (nSPS) is 17.4. The Morgan fingerprint density at radius 1 is 1.41 bits per heavy atom. The molecule has 17 heavy (non-hydrogen) atoms. The summed E-state index contributed by atoms with van der Waals surface area (Å²) >= 11 is 6.93. The minimum atomic E-state index is 0.421. The van der Waals surface area contributed by atoms with Gasteiger partial charge in [0.25, 0.3) is 0 Å². The first kappa shape index (κ1) is 13.3. The van der Waals surface area contributed by atoms with Gasteiger partial charge in [-0.1, -0.05) is 15.9 Å². The lowest BCUT2D eigenvalue weighted by molar-refractivity contribution is 0.0481. The van der Waals surface area contributed by atoms with Crippen molar-refractivity contribution in [1.82, 2.24) is 4.98 Å². The lowest BCUT2D eigenvalue weighted by Gasteiger charge is -2.33. The monoisotopic (exact) mass is 362 g/mol. The fraction of sp³-hybridized carbons (Fsp3) is 0.583. The van der Waals surface area contributed by atoms with E-state index in [9.17, 15) is 0 Å². The average Bonchev–Trinajstić information content (AvgIpc) is 2.38. The zero-order valence-electron chi connectivity index (χ0n) is 9.61. The number of halogens is 2. The number of hydrogen-bond acceptors (Lipinski definition) is 3. The second-order valence-corrected chi connectivity index (χ2v) is 5.72. The molecule has 0 radical (unpaired) electrons. The number of ether oxygens (including phenoxy) is 1. The molecule has 0 bridgehead atoms. The van der Waals surface area contributed by atoms with E-state index in [0.717, 1.165) is 42.3 Å². The lowest BCUT2D eigenvalue weighted by atomic mass is 10.1. The minimum Gasteiger partial charge on any atom is -0.377 e. The maximum Gasteiger partial charge on any atom is 0.0609 e. The van der Waals surface area contributed by atoms with Gasteiger partial charge in [0.2, 0.25) is 0 Å². The average molecular weight is 364 g/mol. The van der Waals surface area contributed by atoms with E-state index in [2.05, 4.69) is 47.8 Å². The molecule has 1 fully saturated rings. The molecule has 0 atom stereocenters. The van der Waals surface area contributed by atoms with Gasteiger partial charge in [0.15, 0.2) is 0 Å². The Balaban J connectivity index is 1.89. The second kappa shape index (κ2) is 6.71. The Morgan fingerprint density at radius 2 is 2.18 bits per heavy atom. The molecule has 1 aromatic rings. The van der Waals surface area contributed by atoms with Crippen LogP contribution in [0.15, 0.2) is 22.9 Å². The van der Waals surface area contributed by atoms with Crippen molar-refractivity contribution in [2.75, 3.05) is 29.9 Å². The molecule has 0 N–H and O–H groups in total. The molecule has 1 aromatic heterocycles. The number of nitrogens with zero attached hydrogens (tertiary/aromatic N) is 2. The van der Waals surface area contributed by atoms with Crippen molar-refractivity contribution in [3.05, 3.63) is 22.9 Å². The van der Waals surface area contributed by atoms with Crippen LogP contribution in [0, 0.1) is 0 Å². The predicted molar refractivity (Wildman–Crippen MR) is 76.9 cm³/mol. The molecule has 0 aromatic carbocycles. The number of alkyl halides is 1. The molecular formula is C12H16Br2N2O. The molecule has 0 unspecified atom stereocenters. The Hall–Kier alpha value is -0.130. The quantitative estimate of drug-likeness (QED) is 0.768. The van der Waals surface area contributed by atoms with Gasteiger partial charge in [-0.25, -0.2) is 0 Å². The Labute approximate surface area is 119 Å². The Kier molecular flexibility index (Phi) is 5.25. The first-order chi connectivity index (χ1) is 8.31. The van der Waals surface area contributed by atoms with Crippen LogP contribution in [0.4, 0.5) is 5.69 Å². The lowest BCUT2D eigenvalue weighted by Crippen LogP contribution is -2.37. The zero-order valence-corrected chi connectivity index (χ0v) is 12.8. The van der Waals surface area contributed by atoms with Crippen molar-refractivity contribution in [3.63, 3.8) is 0 Å². The van der Waals surface area contributed by atoms with Crippen molar-refractivity contribution in [1.29, 1.82) is 0 Å². The van der Waals surface area contributed by atoms with E-state index in [4.69, 9.17) is 4.74 Å². The molecule has 2 rings (SSSR count). The van der Waals surface area contributed by atoms with Crippen LogP contribution in [0.25, 0.3) is 0 Å².